The molecule has 1 aromatic rings. The van der Waals surface area contributed by atoms with Gasteiger partial charge in [-0.2, -0.15) is 5.10 Å². The minimum atomic E-state index is 0.123. The van der Waals surface area contributed by atoms with E-state index in [4.69, 9.17) is 4.74 Å². The van der Waals surface area contributed by atoms with Crippen LogP contribution in [0.1, 0.15) is 24.8 Å². The van der Waals surface area contributed by atoms with Crippen LogP contribution in [0.25, 0.3) is 0 Å². The Kier molecular flexibility index (Phi) is 5.10. The number of nitrogens with zero attached hydrogens (tertiary/aromatic N) is 3. The molecule has 6 heteroatoms. The van der Waals surface area contributed by atoms with Crippen molar-refractivity contribution in [1.29, 1.82) is 0 Å². The van der Waals surface area contributed by atoms with Crippen molar-refractivity contribution in [2.75, 3.05) is 32.8 Å². The molecule has 122 valence electrons. The number of amides is 1. The molecule has 6 nitrogen and oxygen atoms in total. The van der Waals surface area contributed by atoms with E-state index in [1.807, 2.05) is 17.9 Å². The van der Waals surface area contributed by atoms with Crippen molar-refractivity contribution in [3.8, 4) is 0 Å². The van der Waals surface area contributed by atoms with Crippen LogP contribution < -0.4 is 5.32 Å². The van der Waals surface area contributed by atoms with Crippen LogP contribution in [0.4, 0.5) is 0 Å². The molecule has 22 heavy (non-hydrogen) atoms. The summed E-state index contributed by atoms with van der Waals surface area (Å²) in [6, 6.07) is 0. The van der Waals surface area contributed by atoms with Gasteiger partial charge in [-0.05, 0) is 43.7 Å². The van der Waals surface area contributed by atoms with E-state index in [0.717, 1.165) is 45.4 Å². The molecule has 1 aromatic heterocycles. The summed E-state index contributed by atoms with van der Waals surface area (Å²) in [5, 5.41) is 7.22. The van der Waals surface area contributed by atoms with Crippen molar-refractivity contribution in [3.05, 3.63) is 18.0 Å². The molecule has 3 rings (SSSR count). The molecule has 3 heterocycles. The monoisotopic (exact) mass is 306 g/mol. The van der Waals surface area contributed by atoms with Gasteiger partial charge < -0.3 is 10.1 Å². The van der Waals surface area contributed by atoms with Gasteiger partial charge in [-0.25, -0.2) is 0 Å². The lowest BCUT2D eigenvalue weighted by Crippen LogP contribution is -2.39. The molecule has 0 aliphatic carbocycles. The van der Waals surface area contributed by atoms with Crippen LogP contribution >= 0.6 is 0 Å². The van der Waals surface area contributed by atoms with E-state index < -0.39 is 0 Å². The number of nitrogens with one attached hydrogen (secondary N) is 1. The second kappa shape index (κ2) is 7.24. The van der Waals surface area contributed by atoms with Crippen molar-refractivity contribution in [3.63, 3.8) is 0 Å². The summed E-state index contributed by atoms with van der Waals surface area (Å²) in [4.78, 5) is 14.3. The van der Waals surface area contributed by atoms with Crippen LogP contribution in [0.3, 0.4) is 0 Å². The van der Waals surface area contributed by atoms with Gasteiger partial charge in [-0.15, -0.1) is 0 Å². The fourth-order valence-corrected chi connectivity index (χ4v) is 3.43. The quantitative estimate of drug-likeness (QED) is 0.835. The highest BCUT2D eigenvalue weighted by atomic mass is 16.5. The van der Waals surface area contributed by atoms with E-state index in [2.05, 4.69) is 21.5 Å². The summed E-state index contributed by atoms with van der Waals surface area (Å²) in [7, 11) is 1.95. The molecule has 2 saturated heterocycles. The van der Waals surface area contributed by atoms with Gasteiger partial charge in [0.25, 0.3) is 0 Å². The number of hydrogen-bond acceptors (Lipinski definition) is 4. The van der Waals surface area contributed by atoms with Gasteiger partial charge in [0.2, 0.25) is 5.91 Å². The second-order valence-corrected chi connectivity index (χ2v) is 6.56. The van der Waals surface area contributed by atoms with Crippen molar-refractivity contribution in [1.82, 2.24) is 20.0 Å². The van der Waals surface area contributed by atoms with Gasteiger partial charge in [-0.1, -0.05) is 0 Å². The normalized spacial score (nSPS) is 25.7. The third-order valence-corrected chi connectivity index (χ3v) is 4.57. The average Bonchev–Trinajstić information content (AvgIpc) is 3.20. The molecule has 2 aliphatic rings. The van der Waals surface area contributed by atoms with E-state index >= 15 is 0 Å². The van der Waals surface area contributed by atoms with Gasteiger partial charge >= 0.3 is 0 Å². The Hall–Kier alpha value is -1.40. The lowest BCUT2D eigenvalue weighted by molar-refractivity contribution is -0.122. The van der Waals surface area contributed by atoms with Crippen molar-refractivity contribution < 1.29 is 9.53 Å². The van der Waals surface area contributed by atoms with Crippen LogP contribution in [-0.4, -0.2) is 59.5 Å². The molecule has 0 saturated carbocycles. The van der Waals surface area contributed by atoms with Crippen LogP contribution in [-0.2, 0) is 23.0 Å². The van der Waals surface area contributed by atoms with Gasteiger partial charge in [0, 0.05) is 32.9 Å². The maximum atomic E-state index is 12.0. The molecule has 0 aromatic carbocycles. The number of carbonyl (C=O) groups excluding carboxylic acids is 1. The number of ether oxygens (including phenoxy) is 1. The third kappa shape index (κ3) is 4.30. The number of carbonyl (C=O) groups is 1. The van der Waals surface area contributed by atoms with Gasteiger partial charge in [0.1, 0.15) is 0 Å². The first-order valence-corrected chi connectivity index (χ1v) is 8.27. The highest BCUT2D eigenvalue weighted by molar-refractivity contribution is 5.78. The summed E-state index contributed by atoms with van der Waals surface area (Å²) < 4.78 is 7.37. The number of aromatic nitrogens is 2. The van der Waals surface area contributed by atoms with Gasteiger partial charge in [-0.3, -0.25) is 14.4 Å². The maximum absolute atomic E-state index is 12.0. The van der Waals surface area contributed by atoms with Crippen LogP contribution in [0.2, 0.25) is 0 Å². The van der Waals surface area contributed by atoms with Crippen molar-refractivity contribution in [2.24, 2.45) is 13.0 Å². The summed E-state index contributed by atoms with van der Waals surface area (Å²) in [6.45, 7) is 4.02. The molecule has 2 atom stereocenters. The third-order valence-electron chi connectivity index (χ3n) is 4.57. The molecular weight excluding hydrogens is 280 g/mol. The SMILES string of the molecule is Cn1cc(CC2CCN(CC(=O)NCC3CCCO3)C2)cn1. The number of hydrogen-bond donors (Lipinski definition) is 1. The molecule has 2 aliphatic heterocycles. The highest BCUT2D eigenvalue weighted by Crippen LogP contribution is 2.20. The zero-order valence-electron chi connectivity index (χ0n) is 13.3. The molecule has 0 radical (unpaired) electrons. The average molecular weight is 306 g/mol. The first-order chi connectivity index (χ1) is 10.7. The molecule has 2 unspecified atom stereocenters. The molecular formula is C16H26N4O2. The second-order valence-electron chi connectivity index (χ2n) is 6.56. The fourth-order valence-electron chi connectivity index (χ4n) is 3.43. The Balaban J connectivity index is 1.36. The molecule has 2 fully saturated rings. The van der Waals surface area contributed by atoms with Crippen LogP contribution in [0, 0.1) is 5.92 Å². The first kappa shape index (κ1) is 15.5. The Morgan fingerprint density at radius 3 is 3.14 bits per heavy atom. The highest BCUT2D eigenvalue weighted by Gasteiger charge is 2.25. The standard InChI is InChI=1S/C16H26N4O2/c1-19-10-14(8-18-19)7-13-4-5-20(11-13)12-16(21)17-9-15-3-2-6-22-15/h8,10,13,15H,2-7,9,11-12H2,1H3,(H,17,21). The minimum Gasteiger partial charge on any atom is -0.376 e. The molecule has 0 bridgehead atoms. The summed E-state index contributed by atoms with van der Waals surface area (Å²) in [5.41, 5.74) is 1.29. The number of rotatable bonds is 6. The number of likely N-dealkylation sites (tertiary alicyclic amines) is 1. The lowest BCUT2D eigenvalue weighted by atomic mass is 10.0. The van der Waals surface area contributed by atoms with Crippen molar-refractivity contribution in [2.45, 2.75) is 31.8 Å². The van der Waals surface area contributed by atoms with Gasteiger partial charge in [0.15, 0.2) is 0 Å². The van der Waals surface area contributed by atoms with E-state index in [1.165, 1.54) is 5.56 Å². The molecule has 1 N–H and O–H groups in total. The van der Waals surface area contributed by atoms with E-state index in [1.54, 1.807) is 0 Å². The summed E-state index contributed by atoms with van der Waals surface area (Å²) in [5.74, 6) is 0.757. The largest absolute Gasteiger partial charge is 0.376 e. The molecule has 0 spiro atoms. The fraction of sp³-hybridized carbons (Fsp3) is 0.750. The Morgan fingerprint density at radius 1 is 1.50 bits per heavy atom. The lowest BCUT2D eigenvalue weighted by Gasteiger charge is -2.16. The summed E-state index contributed by atoms with van der Waals surface area (Å²) in [6.07, 6.45) is 8.64. The predicted molar refractivity (Wildman–Crippen MR) is 83.4 cm³/mol. The van der Waals surface area contributed by atoms with Crippen LogP contribution in [0.5, 0.6) is 0 Å². The first-order valence-electron chi connectivity index (χ1n) is 8.27. The zero-order chi connectivity index (χ0) is 15.4. The maximum Gasteiger partial charge on any atom is 0.234 e. The topological polar surface area (TPSA) is 59.4 Å². The van der Waals surface area contributed by atoms with E-state index in [9.17, 15) is 4.79 Å². The summed E-state index contributed by atoms with van der Waals surface area (Å²) >= 11 is 0. The van der Waals surface area contributed by atoms with Crippen molar-refractivity contribution >= 4 is 5.91 Å². The van der Waals surface area contributed by atoms with E-state index in [-0.39, 0.29) is 12.0 Å². The smallest absolute Gasteiger partial charge is 0.234 e. The van der Waals surface area contributed by atoms with Gasteiger partial charge in [0.05, 0.1) is 18.8 Å². The Morgan fingerprint density at radius 2 is 2.41 bits per heavy atom. The predicted octanol–water partition coefficient (Wildman–Crippen LogP) is 0.580. The molecule has 1 amide bonds. The zero-order valence-corrected chi connectivity index (χ0v) is 13.3. The Labute approximate surface area is 131 Å². The Bertz CT molecular complexity index is 496. The van der Waals surface area contributed by atoms with E-state index in [0.29, 0.717) is 19.0 Å². The minimum absolute atomic E-state index is 0.123. The van der Waals surface area contributed by atoms with Crippen LogP contribution in [0.15, 0.2) is 12.4 Å². The number of aryl methyl sites for hydroxylation is 1.